The smallest absolute Gasteiger partial charge is 0.269 e. The van der Waals surface area contributed by atoms with Crippen molar-refractivity contribution in [2.24, 2.45) is 0 Å². The average Bonchev–Trinajstić information content (AvgIpc) is 2.81. The van der Waals surface area contributed by atoms with E-state index in [0.29, 0.717) is 21.6 Å². The molecule has 0 aliphatic rings. The van der Waals surface area contributed by atoms with Gasteiger partial charge in [-0.25, -0.2) is 4.98 Å². The Hall–Kier alpha value is -1.85. The van der Waals surface area contributed by atoms with Gasteiger partial charge in [-0.15, -0.1) is 11.3 Å². The topological polar surface area (TPSA) is 66.0 Å². The van der Waals surface area contributed by atoms with Crippen molar-refractivity contribution < 1.29 is 5.11 Å². The highest BCUT2D eigenvalue weighted by atomic mass is 35.5. The van der Waals surface area contributed by atoms with E-state index in [0.717, 1.165) is 0 Å². The summed E-state index contributed by atoms with van der Waals surface area (Å²) in [7, 11) is 0. The fourth-order valence-electron chi connectivity index (χ4n) is 1.66. The lowest BCUT2D eigenvalue weighted by atomic mass is 10.2. The lowest BCUT2D eigenvalue weighted by Gasteiger charge is -2.03. The first-order valence-electron chi connectivity index (χ1n) is 5.11. The highest BCUT2D eigenvalue weighted by molar-refractivity contribution is 7.17. The molecule has 0 atom stereocenters. The molecule has 0 radical (unpaired) electrons. The van der Waals surface area contributed by atoms with Crippen molar-refractivity contribution in [1.82, 2.24) is 9.97 Å². The number of aromatic amines is 1. The summed E-state index contributed by atoms with van der Waals surface area (Å²) in [4.78, 5) is 18.9. The van der Waals surface area contributed by atoms with Crippen molar-refractivity contribution in [3.63, 3.8) is 0 Å². The van der Waals surface area contributed by atoms with Gasteiger partial charge in [0.2, 0.25) is 0 Å². The number of aromatic hydroxyl groups is 1. The minimum Gasteiger partial charge on any atom is -0.506 e. The van der Waals surface area contributed by atoms with E-state index in [1.807, 2.05) is 5.38 Å². The van der Waals surface area contributed by atoms with Gasteiger partial charge in [0.25, 0.3) is 5.56 Å². The second-order valence-electron chi connectivity index (χ2n) is 3.72. The number of fused-ring (bicyclic) bond motifs is 1. The van der Waals surface area contributed by atoms with Gasteiger partial charge in [-0.1, -0.05) is 11.6 Å². The van der Waals surface area contributed by atoms with Crippen molar-refractivity contribution in [3.8, 4) is 17.1 Å². The minimum atomic E-state index is -0.172. The fourth-order valence-corrected chi connectivity index (χ4v) is 2.57. The highest BCUT2D eigenvalue weighted by Crippen LogP contribution is 2.28. The molecule has 6 heteroatoms. The Balaban J connectivity index is 2.24. The molecule has 0 unspecified atom stereocenters. The molecular formula is C12H7ClN2O2S. The maximum atomic E-state index is 11.8. The molecule has 1 aromatic carbocycles. The second-order valence-corrected chi connectivity index (χ2v) is 5.04. The maximum absolute atomic E-state index is 11.8. The number of hydrogen-bond donors (Lipinski definition) is 2. The van der Waals surface area contributed by atoms with Gasteiger partial charge in [-0.3, -0.25) is 4.79 Å². The number of nitrogens with zero attached hydrogens (tertiary/aromatic N) is 1. The molecule has 0 spiro atoms. The summed E-state index contributed by atoms with van der Waals surface area (Å²) in [5.74, 6) is 0.437. The Morgan fingerprint density at radius 2 is 2.17 bits per heavy atom. The summed E-state index contributed by atoms with van der Waals surface area (Å²) in [6.45, 7) is 0. The Kier molecular flexibility index (Phi) is 2.57. The Labute approximate surface area is 111 Å². The predicted octanol–water partition coefficient (Wildman–Crippen LogP) is 3.01. The molecule has 2 N–H and O–H groups in total. The number of phenolic OH excluding ortho intramolecular Hbond substituents is 1. The third kappa shape index (κ3) is 1.77. The third-order valence-corrected chi connectivity index (χ3v) is 3.74. The van der Waals surface area contributed by atoms with Crippen LogP contribution in [0.3, 0.4) is 0 Å². The largest absolute Gasteiger partial charge is 0.506 e. The number of halogens is 1. The molecule has 18 heavy (non-hydrogen) atoms. The number of benzene rings is 1. The summed E-state index contributed by atoms with van der Waals surface area (Å²) in [5.41, 5.74) is 1.14. The zero-order valence-corrected chi connectivity index (χ0v) is 10.5. The molecule has 90 valence electrons. The first-order valence-corrected chi connectivity index (χ1v) is 6.37. The number of H-pyrrole nitrogens is 1. The summed E-state index contributed by atoms with van der Waals surface area (Å²) in [5, 5.41) is 11.4. The van der Waals surface area contributed by atoms with Crippen LogP contribution in [0.1, 0.15) is 0 Å². The van der Waals surface area contributed by atoms with E-state index in [-0.39, 0.29) is 16.3 Å². The van der Waals surface area contributed by atoms with Gasteiger partial charge < -0.3 is 10.1 Å². The number of thiophene rings is 1. The predicted molar refractivity (Wildman–Crippen MR) is 72.4 cm³/mol. The standard InChI is InChI=1S/C12H7ClN2O2S/c13-7-5-6(1-2-9(7)16)11-14-8-3-4-18-10(8)12(17)15-11/h1-5,16H,(H,14,15,17). The number of rotatable bonds is 1. The molecule has 0 aliphatic heterocycles. The quantitative estimate of drug-likeness (QED) is 0.719. The number of phenols is 1. The minimum absolute atomic E-state index is 0.000579. The van der Waals surface area contributed by atoms with E-state index in [4.69, 9.17) is 11.6 Å². The molecule has 0 saturated heterocycles. The van der Waals surface area contributed by atoms with Crippen molar-refractivity contribution in [2.75, 3.05) is 0 Å². The van der Waals surface area contributed by atoms with Gasteiger partial charge >= 0.3 is 0 Å². The van der Waals surface area contributed by atoms with Gasteiger partial charge in [0.1, 0.15) is 16.3 Å². The van der Waals surface area contributed by atoms with E-state index in [1.165, 1.54) is 17.4 Å². The Morgan fingerprint density at radius 1 is 1.33 bits per heavy atom. The van der Waals surface area contributed by atoms with Crippen molar-refractivity contribution in [3.05, 3.63) is 45.0 Å². The maximum Gasteiger partial charge on any atom is 0.269 e. The van der Waals surface area contributed by atoms with E-state index in [1.54, 1.807) is 18.2 Å². The van der Waals surface area contributed by atoms with Crippen molar-refractivity contribution in [1.29, 1.82) is 0 Å². The van der Waals surface area contributed by atoms with Crippen LogP contribution in [-0.4, -0.2) is 15.1 Å². The van der Waals surface area contributed by atoms with Crippen LogP contribution in [-0.2, 0) is 0 Å². The van der Waals surface area contributed by atoms with Crippen molar-refractivity contribution in [2.45, 2.75) is 0 Å². The average molecular weight is 279 g/mol. The van der Waals surface area contributed by atoms with Gasteiger partial charge in [0.15, 0.2) is 0 Å². The number of hydrogen-bond acceptors (Lipinski definition) is 4. The second kappa shape index (κ2) is 4.12. The summed E-state index contributed by atoms with van der Waals surface area (Å²) < 4.78 is 0.601. The highest BCUT2D eigenvalue weighted by Gasteiger charge is 2.08. The number of aromatic nitrogens is 2. The summed E-state index contributed by atoms with van der Waals surface area (Å²) in [6.07, 6.45) is 0. The fraction of sp³-hybridized carbons (Fsp3) is 0. The van der Waals surface area contributed by atoms with Gasteiger partial charge in [0.05, 0.1) is 10.5 Å². The van der Waals surface area contributed by atoms with Gasteiger partial charge in [-0.2, -0.15) is 0 Å². The molecule has 3 aromatic rings. The molecule has 3 rings (SSSR count). The van der Waals surface area contributed by atoms with Crippen LogP contribution in [0.15, 0.2) is 34.4 Å². The normalized spacial score (nSPS) is 10.9. The van der Waals surface area contributed by atoms with Crippen LogP contribution in [0.25, 0.3) is 21.6 Å². The monoisotopic (exact) mass is 278 g/mol. The first-order chi connectivity index (χ1) is 8.65. The molecule has 2 aromatic heterocycles. The van der Waals surface area contributed by atoms with Crippen LogP contribution in [0.4, 0.5) is 0 Å². The lowest BCUT2D eigenvalue weighted by Crippen LogP contribution is -2.07. The van der Waals surface area contributed by atoms with Crippen LogP contribution in [0.5, 0.6) is 5.75 Å². The van der Waals surface area contributed by atoms with Crippen molar-refractivity contribution >= 4 is 33.2 Å². The van der Waals surface area contributed by atoms with Crippen LogP contribution in [0, 0.1) is 0 Å². The van der Waals surface area contributed by atoms with E-state index < -0.39 is 0 Å². The molecule has 0 bridgehead atoms. The Morgan fingerprint density at radius 3 is 2.94 bits per heavy atom. The van der Waals surface area contributed by atoms with Gasteiger partial charge in [-0.05, 0) is 29.6 Å². The number of nitrogens with one attached hydrogen (secondary N) is 1. The molecule has 0 amide bonds. The van der Waals surface area contributed by atoms with E-state index in [9.17, 15) is 9.90 Å². The molecule has 0 aliphatic carbocycles. The molecule has 0 saturated carbocycles. The lowest BCUT2D eigenvalue weighted by molar-refractivity contribution is 0.475. The summed E-state index contributed by atoms with van der Waals surface area (Å²) >= 11 is 7.18. The molecular weight excluding hydrogens is 272 g/mol. The SMILES string of the molecule is O=c1[nH]c(-c2ccc(O)c(Cl)c2)nc2ccsc12. The molecule has 0 fully saturated rings. The zero-order valence-electron chi connectivity index (χ0n) is 8.98. The van der Waals surface area contributed by atoms with Crippen LogP contribution < -0.4 is 5.56 Å². The van der Waals surface area contributed by atoms with Crippen LogP contribution >= 0.6 is 22.9 Å². The third-order valence-electron chi connectivity index (χ3n) is 2.54. The molecule has 4 nitrogen and oxygen atoms in total. The molecule has 2 heterocycles. The zero-order chi connectivity index (χ0) is 12.7. The first kappa shape index (κ1) is 11.3. The van der Waals surface area contributed by atoms with E-state index >= 15 is 0 Å². The van der Waals surface area contributed by atoms with E-state index in [2.05, 4.69) is 9.97 Å². The Bertz CT molecular complexity index is 794. The van der Waals surface area contributed by atoms with Gasteiger partial charge in [0, 0.05) is 5.56 Å². The summed E-state index contributed by atoms with van der Waals surface area (Å²) in [6, 6.07) is 6.47. The van der Waals surface area contributed by atoms with Crippen LogP contribution in [0.2, 0.25) is 5.02 Å².